The van der Waals surface area contributed by atoms with E-state index >= 15 is 0 Å². The molecule has 8 rings (SSSR count). The molecule has 4 N–H and O–H groups in total. The molecule has 4 heterocycles. The Morgan fingerprint density at radius 3 is 1.60 bits per heavy atom. The molecule has 0 bridgehead atoms. The highest BCUT2D eigenvalue weighted by Crippen LogP contribution is 2.40. The fourth-order valence-corrected chi connectivity index (χ4v) is 9.40. The Morgan fingerprint density at radius 1 is 0.677 bits per heavy atom. The van der Waals surface area contributed by atoms with E-state index in [1.165, 1.54) is 14.2 Å². The van der Waals surface area contributed by atoms with Gasteiger partial charge in [-0.15, -0.1) is 0 Å². The van der Waals surface area contributed by atoms with Crippen molar-refractivity contribution >= 4 is 67.6 Å². The van der Waals surface area contributed by atoms with Gasteiger partial charge < -0.3 is 44.6 Å². The molecule has 6 aromatic rings. The van der Waals surface area contributed by atoms with Crippen molar-refractivity contribution < 1.29 is 33.4 Å². The molecule has 2 aliphatic heterocycles. The number of benzene rings is 4. The van der Waals surface area contributed by atoms with Crippen LogP contribution in [0, 0.1) is 23.7 Å². The number of ether oxygens (including phenoxy) is 3. The average molecular weight is 845 g/mol. The van der Waals surface area contributed by atoms with Gasteiger partial charge in [-0.3, -0.25) is 9.59 Å². The second-order valence-electron chi connectivity index (χ2n) is 17.7. The van der Waals surface area contributed by atoms with Gasteiger partial charge in [0.05, 0.1) is 55.0 Å². The maximum atomic E-state index is 14.0. The summed E-state index contributed by atoms with van der Waals surface area (Å²) in [5, 5.41) is 9.54. The van der Waals surface area contributed by atoms with E-state index in [0.29, 0.717) is 31.9 Å². The summed E-state index contributed by atoms with van der Waals surface area (Å²) in [6.45, 7) is 11.3. The highest BCUT2D eigenvalue weighted by atomic mass is 16.5. The van der Waals surface area contributed by atoms with Crippen LogP contribution in [-0.2, 0) is 23.8 Å². The van der Waals surface area contributed by atoms with Crippen LogP contribution in [0.5, 0.6) is 0 Å². The number of hydrogen-bond acceptors (Lipinski definition) is 9. The lowest BCUT2D eigenvalue weighted by molar-refractivity contribution is -0.136. The molecular weight excluding hydrogens is 789 g/mol. The lowest BCUT2D eigenvalue weighted by Crippen LogP contribution is -2.51. The molecule has 0 saturated carbocycles. The number of fused-ring (bicyclic) bond motifs is 6. The molecule has 0 radical (unpaired) electrons. The van der Waals surface area contributed by atoms with Crippen LogP contribution in [0.3, 0.4) is 0 Å². The quantitative estimate of drug-likeness (QED) is 0.102. The molecule has 6 atom stereocenters. The summed E-state index contributed by atoms with van der Waals surface area (Å²) >= 11 is 0. The van der Waals surface area contributed by atoms with E-state index in [9.17, 15) is 19.2 Å². The third kappa shape index (κ3) is 8.01. The van der Waals surface area contributed by atoms with Crippen molar-refractivity contribution in [3.8, 4) is 11.1 Å². The second-order valence-corrected chi connectivity index (χ2v) is 17.7. The third-order valence-electron chi connectivity index (χ3n) is 12.6. The number of rotatable bonds is 11. The standard InChI is InChI=1S/C47H56N8O7/c1-24(2)38(52-46(58)61-7)44(56)54-21-26(5)17-36(54)42-48-34-15-11-30-19-28(9-13-32(30)40(34)50-42)29-10-14-33-31(20-29)12-16-35-41(33)51-43(49-35)37-18-27(23-60-6)22-55(37)45(57)39(25(3)4)53-47(59)62-8/h9-16,19-20,24-27,36-39H,17-18,21-23H2,1-8H3,(H,48,50)(H,49,51)(H,52,58)(H,53,59)/t26-,27-,36-,37-,38-,39-/m0/s1. The van der Waals surface area contributed by atoms with E-state index < -0.39 is 24.3 Å². The molecule has 15 nitrogen and oxygen atoms in total. The number of nitrogens with one attached hydrogen (secondary N) is 4. The monoisotopic (exact) mass is 844 g/mol. The molecular formula is C47H56N8O7. The van der Waals surface area contributed by atoms with Crippen molar-refractivity contribution in [3.05, 3.63) is 72.3 Å². The molecule has 2 fully saturated rings. The minimum atomic E-state index is -0.751. The lowest BCUT2D eigenvalue weighted by Gasteiger charge is -2.30. The number of carbonyl (C=O) groups excluding carboxylic acids is 4. The Bertz CT molecular complexity index is 2670. The maximum absolute atomic E-state index is 14.0. The first-order valence-corrected chi connectivity index (χ1v) is 21.4. The van der Waals surface area contributed by atoms with Crippen molar-refractivity contribution in [2.24, 2.45) is 23.7 Å². The Balaban J connectivity index is 1.07. The number of imidazole rings is 2. The van der Waals surface area contributed by atoms with Crippen molar-refractivity contribution in [3.63, 3.8) is 0 Å². The van der Waals surface area contributed by atoms with Crippen LogP contribution in [0.2, 0.25) is 0 Å². The van der Waals surface area contributed by atoms with Gasteiger partial charge in [0.15, 0.2) is 0 Å². The zero-order valence-corrected chi connectivity index (χ0v) is 36.6. The van der Waals surface area contributed by atoms with Gasteiger partial charge in [0.1, 0.15) is 23.7 Å². The van der Waals surface area contributed by atoms with E-state index in [2.05, 4.69) is 76.1 Å². The van der Waals surface area contributed by atoms with Crippen LogP contribution < -0.4 is 10.6 Å². The lowest BCUT2D eigenvalue weighted by atomic mass is 9.98. The molecule has 2 saturated heterocycles. The summed E-state index contributed by atoms with van der Waals surface area (Å²) < 4.78 is 15.2. The Morgan fingerprint density at radius 2 is 1.15 bits per heavy atom. The zero-order valence-electron chi connectivity index (χ0n) is 36.6. The number of H-pyrrole nitrogens is 2. The van der Waals surface area contributed by atoms with Crippen LogP contribution in [0.15, 0.2) is 60.7 Å². The number of carbonyl (C=O) groups is 4. The molecule has 326 valence electrons. The van der Waals surface area contributed by atoms with Gasteiger partial charge in [0, 0.05) is 36.9 Å². The first kappa shape index (κ1) is 42.5. The average Bonchev–Trinajstić information content (AvgIpc) is 4.08. The highest BCUT2D eigenvalue weighted by molar-refractivity contribution is 6.07. The summed E-state index contributed by atoms with van der Waals surface area (Å²) in [6.07, 6.45) is 0.155. The van der Waals surface area contributed by atoms with Crippen molar-refractivity contribution in [2.45, 2.75) is 71.6 Å². The summed E-state index contributed by atoms with van der Waals surface area (Å²) in [5.41, 5.74) is 5.55. The van der Waals surface area contributed by atoms with E-state index in [1.807, 2.05) is 49.6 Å². The number of amides is 4. The maximum Gasteiger partial charge on any atom is 0.407 e. The van der Waals surface area contributed by atoms with Crippen LogP contribution in [0.1, 0.15) is 71.2 Å². The smallest absolute Gasteiger partial charge is 0.407 e. The normalized spacial score (nSPS) is 20.2. The van der Waals surface area contributed by atoms with Gasteiger partial charge in [0.2, 0.25) is 11.8 Å². The Labute approximate surface area is 360 Å². The van der Waals surface area contributed by atoms with E-state index in [-0.39, 0.29) is 47.6 Å². The van der Waals surface area contributed by atoms with Crippen LogP contribution in [0.4, 0.5) is 9.59 Å². The molecule has 15 heteroatoms. The number of methoxy groups -OCH3 is 3. The predicted octanol–water partition coefficient (Wildman–Crippen LogP) is 7.62. The van der Waals surface area contributed by atoms with Gasteiger partial charge >= 0.3 is 12.2 Å². The second kappa shape index (κ2) is 17.3. The summed E-state index contributed by atoms with van der Waals surface area (Å²) in [6, 6.07) is 19.0. The van der Waals surface area contributed by atoms with Gasteiger partial charge in [-0.1, -0.05) is 71.0 Å². The fourth-order valence-electron chi connectivity index (χ4n) is 9.40. The zero-order chi connectivity index (χ0) is 44.0. The first-order chi connectivity index (χ1) is 29.8. The number of hydrogen-bond donors (Lipinski definition) is 4. The Hall–Kier alpha value is -6.22. The number of likely N-dealkylation sites (tertiary alicyclic amines) is 2. The van der Waals surface area contributed by atoms with E-state index in [0.717, 1.165) is 67.0 Å². The summed E-state index contributed by atoms with van der Waals surface area (Å²) in [7, 11) is 4.25. The number of nitrogens with zero attached hydrogens (tertiary/aromatic N) is 4. The van der Waals surface area contributed by atoms with Gasteiger partial charge in [-0.25, -0.2) is 19.6 Å². The first-order valence-electron chi connectivity index (χ1n) is 21.4. The summed E-state index contributed by atoms with van der Waals surface area (Å²) in [4.78, 5) is 73.2. The largest absolute Gasteiger partial charge is 0.453 e. The van der Waals surface area contributed by atoms with Crippen LogP contribution in [-0.4, -0.2) is 107 Å². The van der Waals surface area contributed by atoms with Gasteiger partial charge in [-0.05, 0) is 76.8 Å². The minimum absolute atomic E-state index is 0.110. The molecule has 0 unspecified atom stereocenters. The molecule has 62 heavy (non-hydrogen) atoms. The molecule has 4 amide bonds. The topological polar surface area (TPSA) is 184 Å². The van der Waals surface area contributed by atoms with E-state index in [1.54, 1.807) is 7.11 Å². The minimum Gasteiger partial charge on any atom is -0.453 e. The van der Waals surface area contributed by atoms with E-state index in [4.69, 9.17) is 24.2 Å². The Kier molecular flexibility index (Phi) is 11.8. The molecule has 0 spiro atoms. The van der Waals surface area contributed by atoms with Crippen LogP contribution >= 0.6 is 0 Å². The summed E-state index contributed by atoms with van der Waals surface area (Å²) in [5.74, 6) is 1.19. The number of aromatic amines is 2. The number of alkyl carbamates (subject to hydrolysis) is 2. The fraction of sp³-hybridized carbons (Fsp3) is 0.447. The number of aromatic nitrogens is 4. The van der Waals surface area contributed by atoms with Crippen molar-refractivity contribution in [2.75, 3.05) is 41.0 Å². The molecule has 4 aromatic carbocycles. The van der Waals surface area contributed by atoms with Crippen molar-refractivity contribution in [1.29, 1.82) is 0 Å². The SMILES string of the molecule is COC[C@H]1C[C@@H](c2nc3c(ccc4cc(-c5ccc6c(ccc7[nH]c([C@@H]8C[C@H](C)CN8C(=O)[C@@H](NC(=O)OC)C(C)C)nc76)c5)ccc43)[nH]2)N(C(=O)[C@@H](NC(=O)OC)C(C)C)C1. The third-order valence-corrected chi connectivity index (χ3v) is 12.6. The van der Waals surface area contributed by atoms with Crippen LogP contribution in [0.25, 0.3) is 54.7 Å². The van der Waals surface area contributed by atoms with Gasteiger partial charge in [0.25, 0.3) is 0 Å². The van der Waals surface area contributed by atoms with Gasteiger partial charge in [-0.2, -0.15) is 0 Å². The van der Waals surface area contributed by atoms with Crippen molar-refractivity contribution in [1.82, 2.24) is 40.4 Å². The molecule has 2 aliphatic rings. The molecule has 0 aliphatic carbocycles. The highest BCUT2D eigenvalue weighted by Gasteiger charge is 2.42. The molecule has 2 aromatic heterocycles. The predicted molar refractivity (Wildman–Crippen MR) is 237 cm³/mol.